The normalized spacial score (nSPS) is 5.67. The van der Waals surface area contributed by atoms with Crippen LogP contribution in [0.15, 0.2) is 0 Å². The minimum Gasteiger partial charge on any atom is -0.388 e. The summed E-state index contributed by atoms with van der Waals surface area (Å²) in [7, 11) is 0. The Kier molecular flexibility index (Phi) is 19.1. The van der Waals surface area contributed by atoms with E-state index in [0.29, 0.717) is 0 Å². The van der Waals surface area contributed by atoms with Crippen molar-refractivity contribution in [2.45, 2.75) is 20.8 Å². The molecule has 0 aliphatic carbocycles. The third-order valence-electron chi connectivity index (χ3n) is 0. The molecule has 0 aromatic rings. The maximum atomic E-state index is 9.44. The van der Waals surface area contributed by atoms with E-state index in [2.05, 4.69) is 0 Å². The minimum absolute atomic E-state index is 0. The van der Waals surface area contributed by atoms with Crippen LogP contribution in [0.4, 0.5) is 0 Å². The predicted molar refractivity (Wildman–Crippen MR) is 33.9 cm³/mol. The zero-order chi connectivity index (χ0) is 7.15. The molecule has 0 aromatic heterocycles. The topological polar surface area (TPSA) is 66.9 Å². The van der Waals surface area contributed by atoms with Crippen molar-refractivity contribution in [3.8, 4) is 0 Å². The van der Waals surface area contributed by atoms with Crippen molar-refractivity contribution in [2.24, 2.45) is 5.73 Å². The van der Waals surface area contributed by atoms with E-state index in [9.17, 15) is 4.79 Å². The fourth-order valence-corrected chi connectivity index (χ4v) is 0. The van der Waals surface area contributed by atoms with Gasteiger partial charge in [0.1, 0.15) is 5.78 Å². The van der Waals surface area contributed by atoms with Crippen LogP contribution in [0.2, 0.25) is 0 Å². The quantitative estimate of drug-likeness (QED) is 0.311. The molecule has 0 saturated heterocycles. The first-order chi connectivity index (χ1) is 3.46. The second-order valence-corrected chi connectivity index (χ2v) is 1.59. The number of rotatable bonds is 0. The molecule has 3 N–H and O–H groups in total. The Morgan fingerprint density at radius 3 is 1.33 bits per heavy atom. The van der Waals surface area contributed by atoms with Crippen molar-refractivity contribution < 1.29 is 26.5 Å². The molecule has 0 radical (unpaired) electrons. The number of carbonyl (C=O) groups is 1. The van der Waals surface area contributed by atoms with E-state index in [1.54, 1.807) is 0 Å². The number of nitrogens with one attached hydrogen (secondary N) is 1. The molecule has 0 rings (SSSR count). The Bertz CT molecular complexity index is 73.0. The largest absolute Gasteiger partial charge is 0.388 e. The summed E-state index contributed by atoms with van der Waals surface area (Å²) in [6, 6.07) is 0. The third-order valence-corrected chi connectivity index (χ3v) is 0. The number of amidine groups is 1. The number of hydrogen-bond acceptors (Lipinski definition) is 2. The summed E-state index contributed by atoms with van der Waals surface area (Å²) in [6.45, 7) is 4.58. The number of Topliss-reactive ketones (excluding diaryl/α,β-unsaturated/α-hetero) is 1. The van der Waals surface area contributed by atoms with Crippen LogP contribution in [-0.4, -0.2) is 11.6 Å². The molecular weight excluding hydrogens is 152 g/mol. The molecule has 0 saturated carbocycles. The molecule has 0 amide bonds. The minimum atomic E-state index is 0. The standard InChI is InChI=1S/C3H6O.C2H6N2.Ti/c1-3(2)4;1-2(3)4;/h1-2H3;1H3,(H3,3,4);. The van der Waals surface area contributed by atoms with Crippen molar-refractivity contribution in [3.05, 3.63) is 0 Å². The van der Waals surface area contributed by atoms with E-state index in [4.69, 9.17) is 11.1 Å². The Balaban J connectivity index is -0.0000000720. The Labute approximate surface area is 70.4 Å². The first kappa shape index (κ1) is 15.9. The summed E-state index contributed by atoms with van der Waals surface area (Å²) in [4.78, 5) is 9.44. The molecule has 0 fully saturated rings. The Morgan fingerprint density at radius 2 is 1.33 bits per heavy atom. The molecule has 52 valence electrons. The Hall–Kier alpha value is -0.146. The summed E-state index contributed by atoms with van der Waals surface area (Å²) >= 11 is 0. The van der Waals surface area contributed by atoms with Gasteiger partial charge < -0.3 is 10.5 Å². The van der Waals surface area contributed by atoms with Crippen molar-refractivity contribution in [1.82, 2.24) is 0 Å². The van der Waals surface area contributed by atoms with Gasteiger partial charge in [0.05, 0.1) is 5.84 Å². The van der Waals surface area contributed by atoms with Crippen LogP contribution < -0.4 is 5.73 Å². The van der Waals surface area contributed by atoms with Crippen molar-refractivity contribution in [3.63, 3.8) is 0 Å². The second kappa shape index (κ2) is 10.8. The van der Waals surface area contributed by atoms with Gasteiger partial charge in [-0.1, -0.05) is 0 Å². The molecule has 0 aliphatic heterocycles. The van der Waals surface area contributed by atoms with Gasteiger partial charge in [-0.15, -0.1) is 0 Å². The van der Waals surface area contributed by atoms with E-state index in [1.165, 1.54) is 20.8 Å². The number of carbonyl (C=O) groups excluding carboxylic acids is 1. The summed E-state index contributed by atoms with van der Waals surface area (Å²) in [5, 5.41) is 6.28. The van der Waals surface area contributed by atoms with Crippen LogP contribution in [0.5, 0.6) is 0 Å². The van der Waals surface area contributed by atoms with Crippen LogP contribution in [0.3, 0.4) is 0 Å². The molecule has 9 heavy (non-hydrogen) atoms. The van der Waals surface area contributed by atoms with E-state index < -0.39 is 0 Å². The van der Waals surface area contributed by atoms with Gasteiger partial charge in [0.15, 0.2) is 0 Å². The smallest absolute Gasteiger partial charge is 0.126 e. The number of ketones is 1. The van der Waals surface area contributed by atoms with Crippen LogP contribution in [0.25, 0.3) is 0 Å². The second-order valence-electron chi connectivity index (χ2n) is 1.59. The van der Waals surface area contributed by atoms with Gasteiger partial charge in [-0.2, -0.15) is 0 Å². The molecule has 4 heteroatoms. The summed E-state index contributed by atoms with van der Waals surface area (Å²) in [5.41, 5.74) is 4.69. The van der Waals surface area contributed by atoms with Gasteiger partial charge in [0.25, 0.3) is 0 Å². The maximum Gasteiger partial charge on any atom is 0.126 e. The molecule has 3 nitrogen and oxygen atoms in total. The molecule has 0 aromatic carbocycles. The van der Waals surface area contributed by atoms with Gasteiger partial charge in [-0.05, 0) is 20.8 Å². The summed E-state index contributed by atoms with van der Waals surface area (Å²) in [5.74, 6) is 0.333. The fourth-order valence-electron chi connectivity index (χ4n) is 0. The molecule has 0 aliphatic rings. The number of hydrogen-bond donors (Lipinski definition) is 2. The first-order valence-electron chi connectivity index (χ1n) is 2.24. The van der Waals surface area contributed by atoms with Gasteiger partial charge in [-0.25, -0.2) is 0 Å². The Morgan fingerprint density at radius 1 is 1.33 bits per heavy atom. The van der Waals surface area contributed by atoms with E-state index in [-0.39, 0.29) is 33.3 Å². The van der Waals surface area contributed by atoms with E-state index in [0.717, 1.165) is 0 Å². The van der Waals surface area contributed by atoms with Gasteiger partial charge in [0, 0.05) is 21.7 Å². The molecule has 0 unspecified atom stereocenters. The molecule has 0 heterocycles. The van der Waals surface area contributed by atoms with Crippen molar-refractivity contribution in [1.29, 1.82) is 5.41 Å². The molecular formula is C5H12N2OTi. The van der Waals surface area contributed by atoms with Crippen LogP contribution >= 0.6 is 0 Å². The van der Waals surface area contributed by atoms with Crippen LogP contribution in [0, 0.1) is 5.41 Å². The monoisotopic (exact) mass is 164 g/mol. The van der Waals surface area contributed by atoms with E-state index in [1.807, 2.05) is 0 Å². The maximum absolute atomic E-state index is 9.44. The molecule has 0 atom stereocenters. The van der Waals surface area contributed by atoms with Gasteiger partial charge >= 0.3 is 0 Å². The average Bonchev–Trinajstić information content (AvgIpc) is 1.25. The SMILES string of the molecule is CC(=N)N.CC(C)=O.[Ti]. The van der Waals surface area contributed by atoms with Gasteiger partial charge in [0.2, 0.25) is 0 Å². The van der Waals surface area contributed by atoms with Gasteiger partial charge in [-0.3, -0.25) is 5.41 Å². The zero-order valence-electron chi connectivity index (χ0n) is 5.99. The van der Waals surface area contributed by atoms with E-state index >= 15 is 0 Å². The predicted octanol–water partition coefficient (Wildman–Crippen LogP) is 0.535. The summed E-state index contributed by atoms with van der Waals surface area (Å²) < 4.78 is 0. The fraction of sp³-hybridized carbons (Fsp3) is 0.600. The number of nitrogens with two attached hydrogens (primary N) is 1. The third kappa shape index (κ3) is 12700. The van der Waals surface area contributed by atoms with Crippen molar-refractivity contribution in [2.75, 3.05) is 0 Å². The zero-order valence-corrected chi connectivity index (χ0v) is 7.55. The van der Waals surface area contributed by atoms with Crippen molar-refractivity contribution >= 4 is 11.6 Å². The average molecular weight is 164 g/mol. The van der Waals surface area contributed by atoms with Crippen LogP contribution in [-0.2, 0) is 26.5 Å². The molecule has 0 spiro atoms. The first-order valence-corrected chi connectivity index (χ1v) is 2.24. The summed E-state index contributed by atoms with van der Waals surface area (Å²) in [6.07, 6.45) is 0. The molecule has 0 bridgehead atoms. The van der Waals surface area contributed by atoms with Crippen LogP contribution in [0.1, 0.15) is 20.8 Å².